The van der Waals surface area contributed by atoms with Crippen molar-refractivity contribution in [1.29, 1.82) is 5.26 Å². The number of rotatable bonds is 5. The van der Waals surface area contributed by atoms with Gasteiger partial charge in [-0.3, -0.25) is 0 Å². The van der Waals surface area contributed by atoms with E-state index >= 15 is 0 Å². The fraction of sp³-hybridized carbons (Fsp3) is 0.462. The summed E-state index contributed by atoms with van der Waals surface area (Å²) in [4.78, 5) is 0. The van der Waals surface area contributed by atoms with Crippen LogP contribution in [0.2, 0.25) is 0 Å². The average Bonchev–Trinajstić information content (AvgIpc) is 2.29. The van der Waals surface area contributed by atoms with Gasteiger partial charge in [-0.2, -0.15) is 5.26 Å². The maximum Gasteiger partial charge on any atom is 0.118 e. The third-order valence-electron chi connectivity index (χ3n) is 2.55. The summed E-state index contributed by atoms with van der Waals surface area (Å²) in [6, 6.07) is 10.6. The zero-order valence-corrected chi connectivity index (χ0v) is 10.0. The largest absolute Gasteiger partial charge is 0.497 e. The lowest BCUT2D eigenvalue weighted by atomic mass is 10.1. The number of hydrogen-bond donors (Lipinski definition) is 1. The first-order valence-electron chi connectivity index (χ1n) is 5.44. The predicted octanol–water partition coefficient (Wildman–Crippen LogP) is 2.65. The van der Waals surface area contributed by atoms with Gasteiger partial charge in [-0.1, -0.05) is 12.1 Å². The van der Waals surface area contributed by atoms with Gasteiger partial charge in [0.05, 0.1) is 19.6 Å². The minimum absolute atomic E-state index is 0.210. The Labute approximate surface area is 97.0 Å². The van der Waals surface area contributed by atoms with Gasteiger partial charge in [0.2, 0.25) is 0 Å². The number of benzene rings is 1. The van der Waals surface area contributed by atoms with Gasteiger partial charge in [0, 0.05) is 12.1 Å². The third-order valence-corrected chi connectivity index (χ3v) is 2.55. The van der Waals surface area contributed by atoms with Gasteiger partial charge in [-0.15, -0.1) is 0 Å². The van der Waals surface area contributed by atoms with Gasteiger partial charge in [-0.05, 0) is 31.5 Å². The van der Waals surface area contributed by atoms with Crippen molar-refractivity contribution in [1.82, 2.24) is 5.32 Å². The van der Waals surface area contributed by atoms with E-state index in [2.05, 4.69) is 18.3 Å². The lowest BCUT2D eigenvalue weighted by Crippen LogP contribution is -2.28. The van der Waals surface area contributed by atoms with Crippen LogP contribution in [-0.4, -0.2) is 13.2 Å². The Morgan fingerprint density at radius 3 is 2.44 bits per heavy atom. The first-order chi connectivity index (χ1) is 7.67. The van der Waals surface area contributed by atoms with E-state index in [1.807, 2.05) is 31.2 Å². The normalized spacial score (nSPS) is 13.9. The number of nitrogens with zero attached hydrogens (tertiary/aromatic N) is 1. The molecule has 1 aromatic rings. The van der Waals surface area contributed by atoms with Gasteiger partial charge in [0.1, 0.15) is 5.75 Å². The Hall–Kier alpha value is -1.53. The average molecular weight is 218 g/mol. The van der Waals surface area contributed by atoms with Gasteiger partial charge in [0.15, 0.2) is 0 Å². The zero-order chi connectivity index (χ0) is 12.0. The minimum atomic E-state index is 0.210. The highest BCUT2D eigenvalue weighted by molar-refractivity contribution is 5.28. The van der Waals surface area contributed by atoms with E-state index in [1.54, 1.807) is 7.11 Å². The molecule has 1 rings (SSSR count). The molecule has 2 atom stereocenters. The molecule has 0 saturated carbocycles. The van der Waals surface area contributed by atoms with Crippen LogP contribution in [0.3, 0.4) is 0 Å². The molecule has 0 aromatic heterocycles. The monoisotopic (exact) mass is 218 g/mol. The smallest absolute Gasteiger partial charge is 0.118 e. The molecule has 0 aliphatic heterocycles. The van der Waals surface area contributed by atoms with Crippen molar-refractivity contribution in [3.63, 3.8) is 0 Å². The van der Waals surface area contributed by atoms with Crippen molar-refractivity contribution in [3.05, 3.63) is 29.8 Å². The van der Waals surface area contributed by atoms with Gasteiger partial charge >= 0.3 is 0 Å². The number of nitrogens with one attached hydrogen (secondary N) is 1. The highest BCUT2D eigenvalue weighted by atomic mass is 16.5. The second-order valence-electron chi connectivity index (χ2n) is 3.92. The molecule has 1 N–H and O–H groups in total. The molecular weight excluding hydrogens is 200 g/mol. The fourth-order valence-electron chi connectivity index (χ4n) is 1.61. The van der Waals surface area contributed by atoms with Crippen LogP contribution in [0.4, 0.5) is 0 Å². The van der Waals surface area contributed by atoms with Crippen LogP contribution in [0.1, 0.15) is 31.9 Å². The molecule has 1 unspecified atom stereocenters. The molecule has 1 aromatic carbocycles. The summed E-state index contributed by atoms with van der Waals surface area (Å²) in [5.74, 6) is 0.862. The maximum atomic E-state index is 8.58. The van der Waals surface area contributed by atoms with E-state index in [0.29, 0.717) is 6.42 Å². The molecule has 0 bridgehead atoms. The minimum Gasteiger partial charge on any atom is -0.497 e. The van der Waals surface area contributed by atoms with Gasteiger partial charge in [0.25, 0.3) is 0 Å². The second-order valence-corrected chi connectivity index (χ2v) is 3.92. The van der Waals surface area contributed by atoms with Crippen molar-refractivity contribution < 1.29 is 4.74 Å². The molecule has 0 aliphatic carbocycles. The molecule has 0 spiro atoms. The zero-order valence-electron chi connectivity index (χ0n) is 10.0. The topological polar surface area (TPSA) is 45.0 Å². The molecule has 0 radical (unpaired) electrons. The Bertz CT molecular complexity index is 353. The van der Waals surface area contributed by atoms with Crippen LogP contribution in [0.15, 0.2) is 24.3 Å². The van der Waals surface area contributed by atoms with Crippen molar-refractivity contribution in [2.45, 2.75) is 32.4 Å². The van der Waals surface area contributed by atoms with Crippen molar-refractivity contribution in [3.8, 4) is 11.8 Å². The number of ether oxygens (including phenoxy) is 1. The molecular formula is C13H18N2O. The number of nitriles is 1. The van der Waals surface area contributed by atoms with E-state index < -0.39 is 0 Å². The number of hydrogen-bond acceptors (Lipinski definition) is 3. The SMILES string of the molecule is COc1ccc([C@H](C)NC(C)CC#N)cc1. The van der Waals surface area contributed by atoms with E-state index in [-0.39, 0.29) is 12.1 Å². The van der Waals surface area contributed by atoms with Crippen molar-refractivity contribution in [2.24, 2.45) is 0 Å². The summed E-state index contributed by atoms with van der Waals surface area (Å²) in [7, 11) is 1.66. The maximum absolute atomic E-state index is 8.58. The van der Waals surface area contributed by atoms with E-state index in [0.717, 1.165) is 5.75 Å². The summed E-state index contributed by atoms with van der Waals surface area (Å²) < 4.78 is 5.11. The molecule has 0 fully saturated rings. The van der Waals surface area contributed by atoms with Crippen LogP contribution < -0.4 is 10.1 Å². The molecule has 3 nitrogen and oxygen atoms in total. The molecule has 0 heterocycles. The molecule has 0 amide bonds. The Balaban J connectivity index is 2.59. The standard InChI is InChI=1S/C13H18N2O/c1-10(8-9-14)15-11(2)12-4-6-13(16-3)7-5-12/h4-7,10-11,15H,8H2,1-3H3/t10?,11-/m0/s1. The van der Waals surface area contributed by atoms with E-state index in [9.17, 15) is 0 Å². The van der Waals surface area contributed by atoms with Crippen LogP contribution >= 0.6 is 0 Å². The molecule has 86 valence electrons. The lowest BCUT2D eigenvalue weighted by Gasteiger charge is -2.18. The van der Waals surface area contributed by atoms with Gasteiger partial charge in [-0.25, -0.2) is 0 Å². The van der Waals surface area contributed by atoms with Crippen molar-refractivity contribution >= 4 is 0 Å². The van der Waals surface area contributed by atoms with Crippen LogP contribution in [0, 0.1) is 11.3 Å². The molecule has 0 aliphatic rings. The summed E-state index contributed by atoms with van der Waals surface area (Å²) in [5, 5.41) is 12.0. The fourth-order valence-corrected chi connectivity index (χ4v) is 1.61. The first-order valence-corrected chi connectivity index (χ1v) is 5.44. The highest BCUT2D eigenvalue weighted by Crippen LogP contribution is 2.17. The van der Waals surface area contributed by atoms with E-state index in [4.69, 9.17) is 10.00 Å². The molecule has 16 heavy (non-hydrogen) atoms. The summed E-state index contributed by atoms with van der Waals surface area (Å²) in [6.45, 7) is 4.11. The third kappa shape index (κ3) is 3.56. The Kier molecular flexibility index (Phi) is 4.81. The van der Waals surface area contributed by atoms with Crippen LogP contribution in [0.5, 0.6) is 5.75 Å². The Morgan fingerprint density at radius 1 is 1.31 bits per heavy atom. The second kappa shape index (κ2) is 6.14. The lowest BCUT2D eigenvalue weighted by molar-refractivity contribution is 0.414. The number of methoxy groups -OCH3 is 1. The van der Waals surface area contributed by atoms with Gasteiger partial charge < -0.3 is 10.1 Å². The van der Waals surface area contributed by atoms with Crippen LogP contribution in [0.25, 0.3) is 0 Å². The van der Waals surface area contributed by atoms with E-state index in [1.165, 1.54) is 5.56 Å². The summed E-state index contributed by atoms with van der Waals surface area (Å²) in [6.07, 6.45) is 0.528. The highest BCUT2D eigenvalue weighted by Gasteiger charge is 2.08. The summed E-state index contributed by atoms with van der Waals surface area (Å²) in [5.41, 5.74) is 1.20. The quantitative estimate of drug-likeness (QED) is 0.826. The van der Waals surface area contributed by atoms with Crippen LogP contribution in [-0.2, 0) is 0 Å². The Morgan fingerprint density at radius 2 is 1.94 bits per heavy atom. The first kappa shape index (κ1) is 12.5. The molecule has 3 heteroatoms. The molecule has 0 saturated heterocycles. The van der Waals surface area contributed by atoms with Crippen molar-refractivity contribution in [2.75, 3.05) is 7.11 Å². The predicted molar refractivity (Wildman–Crippen MR) is 64.2 cm³/mol. The summed E-state index contributed by atoms with van der Waals surface area (Å²) >= 11 is 0.